The van der Waals surface area contributed by atoms with Crippen molar-refractivity contribution in [1.82, 2.24) is 0 Å². The SMILES string of the molecule is CCc1cc(Br)ccc1NC(=O)C(N)COC. The molecule has 1 atom stereocenters. The third-order valence-corrected chi connectivity index (χ3v) is 2.88. The second kappa shape index (κ2) is 6.74. The van der Waals surface area contributed by atoms with E-state index < -0.39 is 6.04 Å². The Hall–Kier alpha value is -0.910. The molecule has 1 amide bonds. The molecule has 0 aliphatic rings. The number of carbonyl (C=O) groups is 1. The van der Waals surface area contributed by atoms with Crippen LogP contribution in [0.25, 0.3) is 0 Å². The van der Waals surface area contributed by atoms with Gasteiger partial charge >= 0.3 is 0 Å². The highest BCUT2D eigenvalue weighted by molar-refractivity contribution is 9.10. The van der Waals surface area contributed by atoms with E-state index in [2.05, 4.69) is 21.2 Å². The predicted molar refractivity (Wildman–Crippen MR) is 72.0 cm³/mol. The van der Waals surface area contributed by atoms with Gasteiger partial charge in [-0.25, -0.2) is 0 Å². The average Bonchev–Trinajstić information content (AvgIpc) is 2.31. The van der Waals surface area contributed by atoms with Gasteiger partial charge in [0.1, 0.15) is 6.04 Å². The molecule has 0 saturated heterocycles. The molecule has 0 radical (unpaired) electrons. The van der Waals surface area contributed by atoms with Gasteiger partial charge in [0.15, 0.2) is 0 Å². The highest BCUT2D eigenvalue weighted by Crippen LogP contribution is 2.21. The molecule has 0 aliphatic carbocycles. The quantitative estimate of drug-likeness (QED) is 0.873. The fourth-order valence-corrected chi connectivity index (χ4v) is 1.87. The van der Waals surface area contributed by atoms with Gasteiger partial charge in [-0.1, -0.05) is 22.9 Å². The van der Waals surface area contributed by atoms with E-state index in [1.54, 1.807) is 0 Å². The number of rotatable bonds is 5. The lowest BCUT2D eigenvalue weighted by Crippen LogP contribution is -2.39. The molecule has 3 N–H and O–H groups in total. The highest BCUT2D eigenvalue weighted by Gasteiger charge is 2.14. The van der Waals surface area contributed by atoms with E-state index >= 15 is 0 Å². The number of anilines is 1. The summed E-state index contributed by atoms with van der Waals surface area (Å²) in [5.74, 6) is -0.233. The monoisotopic (exact) mass is 300 g/mol. The number of amides is 1. The Bertz CT molecular complexity index is 396. The molecule has 1 unspecified atom stereocenters. The van der Waals surface area contributed by atoms with Crippen molar-refractivity contribution in [3.63, 3.8) is 0 Å². The zero-order valence-electron chi connectivity index (χ0n) is 10.00. The van der Waals surface area contributed by atoms with Crippen LogP contribution in [0.4, 0.5) is 5.69 Å². The van der Waals surface area contributed by atoms with Crippen LogP contribution in [0.2, 0.25) is 0 Å². The van der Waals surface area contributed by atoms with Crippen LogP contribution < -0.4 is 11.1 Å². The molecule has 0 aromatic heterocycles. The molecule has 0 spiro atoms. The predicted octanol–water partition coefficient (Wildman–Crippen LogP) is 1.92. The molecule has 0 bridgehead atoms. The van der Waals surface area contributed by atoms with Crippen molar-refractivity contribution >= 4 is 27.5 Å². The third kappa shape index (κ3) is 4.11. The maximum atomic E-state index is 11.7. The van der Waals surface area contributed by atoms with Gasteiger partial charge < -0.3 is 15.8 Å². The molecule has 1 aromatic carbocycles. The highest BCUT2D eigenvalue weighted by atomic mass is 79.9. The van der Waals surface area contributed by atoms with Crippen LogP contribution in [0.5, 0.6) is 0 Å². The second-order valence-corrected chi connectivity index (χ2v) is 4.62. The van der Waals surface area contributed by atoms with Crippen LogP contribution in [0.3, 0.4) is 0 Å². The Morgan fingerprint density at radius 2 is 2.29 bits per heavy atom. The smallest absolute Gasteiger partial charge is 0.243 e. The van der Waals surface area contributed by atoms with Gasteiger partial charge in [-0.15, -0.1) is 0 Å². The van der Waals surface area contributed by atoms with Crippen molar-refractivity contribution in [2.45, 2.75) is 19.4 Å². The number of hydrogen-bond acceptors (Lipinski definition) is 3. The number of ether oxygens (including phenoxy) is 1. The van der Waals surface area contributed by atoms with Crippen LogP contribution in [-0.4, -0.2) is 25.7 Å². The van der Waals surface area contributed by atoms with Crippen molar-refractivity contribution in [3.8, 4) is 0 Å². The zero-order chi connectivity index (χ0) is 12.8. The molecule has 0 heterocycles. The Labute approximate surface area is 110 Å². The summed E-state index contributed by atoms with van der Waals surface area (Å²) >= 11 is 3.40. The first-order chi connectivity index (χ1) is 8.08. The number of methoxy groups -OCH3 is 1. The Morgan fingerprint density at radius 3 is 2.88 bits per heavy atom. The first-order valence-corrected chi connectivity index (χ1v) is 6.21. The topological polar surface area (TPSA) is 64.4 Å². The first kappa shape index (κ1) is 14.2. The lowest BCUT2D eigenvalue weighted by atomic mass is 10.1. The molecular weight excluding hydrogens is 284 g/mol. The molecule has 0 aliphatic heterocycles. The minimum atomic E-state index is -0.645. The summed E-state index contributed by atoms with van der Waals surface area (Å²) in [6, 6.07) is 5.09. The maximum Gasteiger partial charge on any atom is 0.243 e. The number of benzene rings is 1. The largest absolute Gasteiger partial charge is 0.383 e. The normalized spacial score (nSPS) is 12.2. The molecule has 0 fully saturated rings. The number of nitrogens with two attached hydrogens (primary N) is 1. The number of nitrogens with one attached hydrogen (secondary N) is 1. The fraction of sp³-hybridized carbons (Fsp3) is 0.417. The van der Waals surface area contributed by atoms with E-state index in [1.165, 1.54) is 7.11 Å². The van der Waals surface area contributed by atoms with Crippen molar-refractivity contribution < 1.29 is 9.53 Å². The van der Waals surface area contributed by atoms with E-state index in [-0.39, 0.29) is 12.5 Å². The average molecular weight is 301 g/mol. The summed E-state index contributed by atoms with van der Waals surface area (Å²) in [7, 11) is 1.52. The van der Waals surface area contributed by atoms with E-state index in [0.717, 1.165) is 22.1 Å². The third-order valence-electron chi connectivity index (χ3n) is 2.39. The van der Waals surface area contributed by atoms with E-state index in [1.807, 2.05) is 25.1 Å². The Kier molecular flexibility index (Phi) is 5.61. The van der Waals surface area contributed by atoms with Crippen LogP contribution in [0.15, 0.2) is 22.7 Å². The molecule has 17 heavy (non-hydrogen) atoms. The standard InChI is InChI=1S/C12H17BrN2O2/c1-3-8-6-9(13)4-5-11(8)15-12(16)10(14)7-17-2/h4-6,10H,3,7,14H2,1-2H3,(H,15,16). The van der Waals surface area contributed by atoms with E-state index in [4.69, 9.17) is 10.5 Å². The number of carbonyl (C=O) groups excluding carboxylic acids is 1. The van der Waals surface area contributed by atoms with Crippen LogP contribution in [-0.2, 0) is 16.0 Å². The van der Waals surface area contributed by atoms with Crippen LogP contribution in [0.1, 0.15) is 12.5 Å². The lowest BCUT2D eigenvalue weighted by molar-refractivity contribution is -0.118. The van der Waals surface area contributed by atoms with Crippen molar-refractivity contribution in [3.05, 3.63) is 28.2 Å². The summed E-state index contributed by atoms with van der Waals surface area (Å²) in [5, 5.41) is 2.81. The lowest BCUT2D eigenvalue weighted by Gasteiger charge is -2.14. The van der Waals surface area contributed by atoms with Gasteiger partial charge in [-0.2, -0.15) is 0 Å². The van der Waals surface area contributed by atoms with Gasteiger partial charge in [0.05, 0.1) is 6.61 Å². The molecule has 94 valence electrons. The van der Waals surface area contributed by atoms with Gasteiger partial charge in [0, 0.05) is 17.3 Å². The maximum absolute atomic E-state index is 11.7. The summed E-state index contributed by atoms with van der Waals surface area (Å²) in [5.41, 5.74) is 7.52. The van der Waals surface area contributed by atoms with Crippen molar-refractivity contribution in [2.75, 3.05) is 19.0 Å². The molecular formula is C12H17BrN2O2. The van der Waals surface area contributed by atoms with Gasteiger partial charge in [-0.05, 0) is 30.2 Å². The van der Waals surface area contributed by atoms with Crippen molar-refractivity contribution in [1.29, 1.82) is 0 Å². The van der Waals surface area contributed by atoms with Gasteiger partial charge in [0.25, 0.3) is 0 Å². The number of hydrogen-bond donors (Lipinski definition) is 2. The minimum Gasteiger partial charge on any atom is -0.383 e. The molecule has 5 heteroatoms. The fourth-order valence-electron chi connectivity index (χ4n) is 1.46. The summed E-state index contributed by atoms with van der Waals surface area (Å²) in [6.07, 6.45) is 0.842. The van der Waals surface area contributed by atoms with Gasteiger partial charge in [-0.3, -0.25) is 4.79 Å². The van der Waals surface area contributed by atoms with E-state index in [9.17, 15) is 4.79 Å². The Balaban J connectivity index is 2.77. The number of halogens is 1. The Morgan fingerprint density at radius 1 is 1.59 bits per heavy atom. The molecule has 4 nitrogen and oxygen atoms in total. The molecule has 0 saturated carbocycles. The summed E-state index contributed by atoms with van der Waals surface area (Å²) in [4.78, 5) is 11.7. The second-order valence-electron chi connectivity index (χ2n) is 3.71. The van der Waals surface area contributed by atoms with Crippen LogP contribution in [0, 0.1) is 0 Å². The van der Waals surface area contributed by atoms with Gasteiger partial charge in [0.2, 0.25) is 5.91 Å². The molecule has 1 aromatic rings. The molecule has 1 rings (SSSR count). The van der Waals surface area contributed by atoms with Crippen molar-refractivity contribution in [2.24, 2.45) is 5.73 Å². The summed E-state index contributed by atoms with van der Waals surface area (Å²) < 4.78 is 5.84. The minimum absolute atomic E-state index is 0.212. The summed E-state index contributed by atoms with van der Waals surface area (Å²) in [6.45, 7) is 2.25. The first-order valence-electron chi connectivity index (χ1n) is 5.42. The zero-order valence-corrected chi connectivity index (χ0v) is 11.6. The van der Waals surface area contributed by atoms with Crippen LogP contribution >= 0.6 is 15.9 Å². The van der Waals surface area contributed by atoms with E-state index in [0.29, 0.717) is 0 Å². The number of aryl methyl sites for hydroxylation is 1.